The zero-order chi connectivity index (χ0) is 18.2. The first kappa shape index (κ1) is 18.5. The van der Waals surface area contributed by atoms with E-state index in [-0.39, 0.29) is 6.61 Å². The van der Waals surface area contributed by atoms with Gasteiger partial charge in [0.1, 0.15) is 5.75 Å². The Labute approximate surface area is 151 Å². The molecule has 2 N–H and O–H groups in total. The van der Waals surface area contributed by atoms with Crippen LogP contribution < -0.4 is 15.6 Å². The molecule has 0 atom stereocenters. The summed E-state index contributed by atoms with van der Waals surface area (Å²) in [5, 5.41) is 0.583. The highest BCUT2D eigenvalue weighted by Crippen LogP contribution is 2.21. The molecule has 0 heterocycles. The predicted molar refractivity (Wildman–Crippen MR) is 98.2 cm³/mol. The van der Waals surface area contributed by atoms with Crippen molar-refractivity contribution in [1.29, 1.82) is 0 Å². The standard InChI is InChI=1S/C19H19ClN2O3/c1-13-5-3-6-14(2)19(13)25-12-18(24)22-21-17(23)10-9-15-7-4-8-16(20)11-15/h3-11H,12H2,1-2H3,(H,21,23)(H,22,24)/b10-9+. The highest BCUT2D eigenvalue weighted by Gasteiger charge is 2.07. The summed E-state index contributed by atoms with van der Waals surface area (Å²) in [5.74, 6) is -0.239. The van der Waals surface area contributed by atoms with Crippen LogP contribution >= 0.6 is 11.6 Å². The number of rotatable bonds is 5. The molecule has 0 saturated carbocycles. The molecule has 0 aliphatic rings. The van der Waals surface area contributed by atoms with Crippen molar-refractivity contribution in [3.05, 3.63) is 70.3 Å². The van der Waals surface area contributed by atoms with Crippen molar-refractivity contribution in [2.45, 2.75) is 13.8 Å². The average molecular weight is 359 g/mol. The molecule has 0 unspecified atom stereocenters. The molecule has 6 heteroatoms. The van der Waals surface area contributed by atoms with Crippen LogP contribution in [0.25, 0.3) is 6.08 Å². The van der Waals surface area contributed by atoms with Crippen molar-refractivity contribution in [2.75, 3.05) is 6.61 Å². The maximum atomic E-state index is 11.8. The van der Waals surface area contributed by atoms with Crippen LogP contribution in [-0.2, 0) is 9.59 Å². The molecule has 0 aliphatic carbocycles. The minimum atomic E-state index is -0.458. The Bertz CT molecular complexity index is 783. The lowest BCUT2D eigenvalue weighted by atomic mass is 10.1. The van der Waals surface area contributed by atoms with Crippen LogP contribution in [0.1, 0.15) is 16.7 Å². The zero-order valence-electron chi connectivity index (χ0n) is 14.0. The summed E-state index contributed by atoms with van der Waals surface area (Å²) < 4.78 is 5.51. The third-order valence-corrected chi connectivity index (χ3v) is 3.59. The molecule has 2 amide bonds. The van der Waals surface area contributed by atoms with E-state index < -0.39 is 11.8 Å². The normalized spacial score (nSPS) is 10.5. The summed E-state index contributed by atoms with van der Waals surface area (Å²) in [7, 11) is 0. The first-order valence-electron chi connectivity index (χ1n) is 7.67. The fourth-order valence-corrected chi connectivity index (χ4v) is 2.35. The maximum Gasteiger partial charge on any atom is 0.276 e. The zero-order valence-corrected chi connectivity index (χ0v) is 14.8. The van der Waals surface area contributed by atoms with Crippen LogP contribution in [0, 0.1) is 13.8 Å². The van der Waals surface area contributed by atoms with Crippen LogP contribution in [-0.4, -0.2) is 18.4 Å². The predicted octanol–water partition coefficient (Wildman–Crippen LogP) is 3.20. The van der Waals surface area contributed by atoms with E-state index in [4.69, 9.17) is 16.3 Å². The summed E-state index contributed by atoms with van der Waals surface area (Å²) in [6.07, 6.45) is 2.90. The number of carbonyl (C=O) groups is 2. The van der Waals surface area contributed by atoms with Gasteiger partial charge in [0.25, 0.3) is 11.8 Å². The lowest BCUT2D eigenvalue weighted by molar-refractivity contribution is -0.128. The van der Waals surface area contributed by atoms with Crippen LogP contribution in [0.4, 0.5) is 0 Å². The molecule has 0 radical (unpaired) electrons. The van der Waals surface area contributed by atoms with E-state index in [9.17, 15) is 9.59 Å². The first-order chi connectivity index (χ1) is 12.0. The van der Waals surface area contributed by atoms with Crippen LogP contribution in [0.2, 0.25) is 5.02 Å². The molecule has 0 aliphatic heterocycles. The average Bonchev–Trinajstić information content (AvgIpc) is 2.58. The summed E-state index contributed by atoms with van der Waals surface area (Å²) in [6, 6.07) is 12.8. The maximum absolute atomic E-state index is 11.8. The minimum Gasteiger partial charge on any atom is -0.483 e. The Balaban J connectivity index is 1.78. The Morgan fingerprint density at radius 2 is 1.76 bits per heavy atom. The molecule has 2 aromatic carbocycles. The van der Waals surface area contributed by atoms with E-state index in [1.807, 2.05) is 38.1 Å². The second-order valence-corrected chi connectivity index (χ2v) is 5.87. The van der Waals surface area contributed by atoms with Crippen molar-refractivity contribution in [3.63, 3.8) is 0 Å². The third-order valence-electron chi connectivity index (χ3n) is 3.36. The highest BCUT2D eigenvalue weighted by atomic mass is 35.5. The number of hydrogen-bond acceptors (Lipinski definition) is 3. The molecular weight excluding hydrogens is 340 g/mol. The molecule has 25 heavy (non-hydrogen) atoms. The summed E-state index contributed by atoms with van der Waals surface area (Å²) >= 11 is 5.87. The van der Waals surface area contributed by atoms with Crippen molar-refractivity contribution in [3.8, 4) is 5.75 Å². The van der Waals surface area contributed by atoms with Crippen LogP contribution in [0.3, 0.4) is 0 Å². The number of para-hydroxylation sites is 1. The van der Waals surface area contributed by atoms with E-state index >= 15 is 0 Å². The minimum absolute atomic E-state index is 0.190. The molecule has 0 fully saturated rings. The molecule has 5 nitrogen and oxygen atoms in total. The number of hydrogen-bond donors (Lipinski definition) is 2. The number of nitrogens with one attached hydrogen (secondary N) is 2. The molecule has 0 aromatic heterocycles. The van der Waals surface area contributed by atoms with Crippen LogP contribution in [0.15, 0.2) is 48.5 Å². The van der Waals surface area contributed by atoms with Gasteiger partial charge in [0, 0.05) is 11.1 Å². The summed E-state index contributed by atoms with van der Waals surface area (Å²) in [4.78, 5) is 23.5. The number of benzene rings is 2. The third kappa shape index (κ3) is 5.97. The fourth-order valence-electron chi connectivity index (χ4n) is 2.16. The van der Waals surface area contributed by atoms with Gasteiger partial charge in [-0.15, -0.1) is 0 Å². The molecular formula is C19H19ClN2O3. The number of aryl methyl sites for hydroxylation is 2. The van der Waals surface area contributed by atoms with Gasteiger partial charge in [-0.25, -0.2) is 0 Å². The van der Waals surface area contributed by atoms with Crippen molar-refractivity contribution in [2.24, 2.45) is 0 Å². The molecule has 130 valence electrons. The first-order valence-corrected chi connectivity index (χ1v) is 8.05. The van der Waals surface area contributed by atoms with Crippen LogP contribution in [0.5, 0.6) is 5.75 Å². The van der Waals surface area contributed by atoms with Gasteiger partial charge in [-0.05, 0) is 48.7 Å². The molecule has 0 bridgehead atoms. The lowest BCUT2D eigenvalue weighted by Crippen LogP contribution is -2.43. The Morgan fingerprint density at radius 3 is 2.44 bits per heavy atom. The smallest absolute Gasteiger partial charge is 0.276 e. The Morgan fingerprint density at radius 1 is 1.08 bits per heavy atom. The quantitative estimate of drug-likeness (QED) is 0.637. The molecule has 2 rings (SSSR count). The monoisotopic (exact) mass is 358 g/mol. The van der Waals surface area contributed by atoms with Gasteiger partial charge in [-0.3, -0.25) is 20.4 Å². The van der Waals surface area contributed by atoms with Gasteiger partial charge < -0.3 is 4.74 Å². The van der Waals surface area contributed by atoms with Gasteiger partial charge >= 0.3 is 0 Å². The van der Waals surface area contributed by atoms with Gasteiger partial charge in [-0.2, -0.15) is 0 Å². The van der Waals surface area contributed by atoms with Gasteiger partial charge in [-0.1, -0.05) is 41.9 Å². The van der Waals surface area contributed by atoms with Gasteiger partial charge in [0.15, 0.2) is 6.61 Å². The number of halogens is 1. The fraction of sp³-hybridized carbons (Fsp3) is 0.158. The van der Waals surface area contributed by atoms with Gasteiger partial charge in [0.05, 0.1) is 0 Å². The van der Waals surface area contributed by atoms with E-state index in [1.165, 1.54) is 6.08 Å². The van der Waals surface area contributed by atoms with E-state index in [0.717, 1.165) is 16.7 Å². The number of ether oxygens (including phenoxy) is 1. The summed E-state index contributed by atoms with van der Waals surface area (Å²) in [5.41, 5.74) is 7.27. The Hall–Kier alpha value is -2.79. The lowest BCUT2D eigenvalue weighted by Gasteiger charge is -2.11. The molecule has 2 aromatic rings. The number of carbonyl (C=O) groups excluding carboxylic acids is 2. The SMILES string of the molecule is Cc1cccc(C)c1OCC(=O)NNC(=O)/C=C/c1cccc(Cl)c1. The topological polar surface area (TPSA) is 67.4 Å². The van der Waals surface area contributed by atoms with E-state index in [2.05, 4.69) is 10.9 Å². The van der Waals surface area contributed by atoms with Crippen molar-refractivity contribution in [1.82, 2.24) is 10.9 Å². The second-order valence-electron chi connectivity index (χ2n) is 5.44. The summed E-state index contributed by atoms with van der Waals surface area (Å²) in [6.45, 7) is 3.62. The van der Waals surface area contributed by atoms with E-state index in [0.29, 0.717) is 10.8 Å². The van der Waals surface area contributed by atoms with E-state index in [1.54, 1.807) is 24.3 Å². The number of amides is 2. The van der Waals surface area contributed by atoms with Gasteiger partial charge in [0.2, 0.25) is 0 Å². The second kappa shape index (κ2) is 8.89. The Kier molecular flexibility index (Phi) is 6.60. The molecule has 0 spiro atoms. The highest BCUT2D eigenvalue weighted by molar-refractivity contribution is 6.30. The largest absolute Gasteiger partial charge is 0.483 e. The number of hydrazine groups is 1. The molecule has 0 saturated heterocycles. The van der Waals surface area contributed by atoms with Crippen molar-refractivity contribution < 1.29 is 14.3 Å². The van der Waals surface area contributed by atoms with Crippen molar-refractivity contribution >= 4 is 29.5 Å².